The van der Waals surface area contributed by atoms with Crippen molar-refractivity contribution in [3.8, 4) is 11.3 Å². The molecule has 0 radical (unpaired) electrons. The fraction of sp³-hybridized carbons (Fsp3) is 0. The SMILES string of the molecule is c1ccc(-c2cc3cnc4ccccc4c3o2)cc1. The summed E-state index contributed by atoms with van der Waals surface area (Å²) in [7, 11) is 0. The van der Waals surface area contributed by atoms with Crippen molar-refractivity contribution in [3.63, 3.8) is 0 Å². The lowest BCUT2D eigenvalue weighted by Gasteiger charge is -1.96. The van der Waals surface area contributed by atoms with Gasteiger partial charge in [0.15, 0.2) is 0 Å². The van der Waals surface area contributed by atoms with E-state index >= 15 is 0 Å². The summed E-state index contributed by atoms with van der Waals surface area (Å²) in [4.78, 5) is 4.46. The van der Waals surface area contributed by atoms with Crippen LogP contribution in [0.4, 0.5) is 0 Å². The molecule has 0 fully saturated rings. The molecule has 0 unspecified atom stereocenters. The van der Waals surface area contributed by atoms with Crippen LogP contribution in [0.15, 0.2) is 71.3 Å². The van der Waals surface area contributed by atoms with Gasteiger partial charge in [-0.1, -0.05) is 42.5 Å². The Kier molecular flexibility index (Phi) is 2.15. The lowest BCUT2D eigenvalue weighted by Crippen LogP contribution is -1.77. The molecule has 90 valence electrons. The first kappa shape index (κ1) is 10.3. The molecule has 2 nitrogen and oxygen atoms in total. The third-order valence-corrected chi connectivity index (χ3v) is 3.31. The van der Waals surface area contributed by atoms with E-state index in [9.17, 15) is 0 Å². The number of aromatic nitrogens is 1. The minimum Gasteiger partial charge on any atom is -0.455 e. The Balaban J connectivity index is 2.04. The number of pyridine rings is 1. The van der Waals surface area contributed by atoms with Gasteiger partial charge in [0.05, 0.1) is 5.52 Å². The van der Waals surface area contributed by atoms with E-state index in [4.69, 9.17) is 4.42 Å². The molecule has 2 aromatic heterocycles. The summed E-state index contributed by atoms with van der Waals surface area (Å²) in [5.74, 6) is 0.883. The zero-order chi connectivity index (χ0) is 12.7. The second-order valence-corrected chi connectivity index (χ2v) is 4.54. The van der Waals surface area contributed by atoms with Crippen LogP contribution in [0.5, 0.6) is 0 Å². The molecular formula is C17H11NO. The maximum absolute atomic E-state index is 6.03. The van der Waals surface area contributed by atoms with Gasteiger partial charge in [-0.2, -0.15) is 0 Å². The monoisotopic (exact) mass is 245 g/mol. The lowest BCUT2D eigenvalue weighted by molar-refractivity contribution is 0.635. The average Bonchev–Trinajstić information content (AvgIpc) is 2.93. The third-order valence-electron chi connectivity index (χ3n) is 3.31. The van der Waals surface area contributed by atoms with E-state index in [0.717, 1.165) is 33.2 Å². The van der Waals surface area contributed by atoms with Crippen molar-refractivity contribution in [2.24, 2.45) is 0 Å². The standard InChI is InChI=1S/C17H11NO/c1-2-6-12(7-3-1)16-10-13-11-18-15-9-5-4-8-14(15)17(13)19-16/h1-11H. The van der Waals surface area contributed by atoms with Gasteiger partial charge in [-0.15, -0.1) is 0 Å². The second-order valence-electron chi connectivity index (χ2n) is 4.54. The zero-order valence-corrected chi connectivity index (χ0v) is 10.2. The molecule has 0 spiro atoms. The smallest absolute Gasteiger partial charge is 0.145 e. The fourth-order valence-corrected chi connectivity index (χ4v) is 2.37. The molecule has 4 rings (SSSR count). The maximum atomic E-state index is 6.03. The quantitative estimate of drug-likeness (QED) is 0.488. The molecule has 0 saturated carbocycles. The number of rotatable bonds is 1. The highest BCUT2D eigenvalue weighted by molar-refractivity contribution is 6.03. The average molecular weight is 245 g/mol. The Bertz CT molecular complexity index is 862. The van der Waals surface area contributed by atoms with Gasteiger partial charge in [0.25, 0.3) is 0 Å². The molecule has 4 aromatic rings. The first-order valence-corrected chi connectivity index (χ1v) is 6.24. The van der Waals surface area contributed by atoms with Gasteiger partial charge in [-0.25, -0.2) is 0 Å². The van der Waals surface area contributed by atoms with Crippen molar-refractivity contribution >= 4 is 21.9 Å². The van der Waals surface area contributed by atoms with Crippen LogP contribution in [-0.2, 0) is 0 Å². The van der Waals surface area contributed by atoms with E-state index in [1.165, 1.54) is 0 Å². The molecule has 0 amide bonds. The van der Waals surface area contributed by atoms with Crippen molar-refractivity contribution < 1.29 is 4.42 Å². The number of furan rings is 1. The van der Waals surface area contributed by atoms with E-state index < -0.39 is 0 Å². The molecule has 2 aromatic carbocycles. The van der Waals surface area contributed by atoms with Crippen LogP contribution in [0, 0.1) is 0 Å². The zero-order valence-electron chi connectivity index (χ0n) is 10.2. The van der Waals surface area contributed by atoms with E-state index in [0.29, 0.717) is 0 Å². The maximum Gasteiger partial charge on any atom is 0.145 e. The van der Waals surface area contributed by atoms with Crippen LogP contribution in [0.1, 0.15) is 0 Å². The highest BCUT2D eigenvalue weighted by atomic mass is 16.3. The Morgan fingerprint density at radius 2 is 1.63 bits per heavy atom. The Morgan fingerprint density at radius 3 is 2.53 bits per heavy atom. The number of hydrogen-bond acceptors (Lipinski definition) is 2. The number of fused-ring (bicyclic) bond motifs is 3. The van der Waals surface area contributed by atoms with E-state index in [1.807, 2.05) is 66.9 Å². The summed E-state index contributed by atoms with van der Waals surface area (Å²) >= 11 is 0. The predicted molar refractivity (Wildman–Crippen MR) is 77.0 cm³/mol. The number of nitrogens with zero attached hydrogens (tertiary/aromatic N) is 1. The highest BCUT2D eigenvalue weighted by Gasteiger charge is 2.09. The molecule has 0 aliphatic carbocycles. The van der Waals surface area contributed by atoms with E-state index in [1.54, 1.807) is 0 Å². The van der Waals surface area contributed by atoms with Gasteiger partial charge < -0.3 is 4.42 Å². The summed E-state index contributed by atoms with van der Waals surface area (Å²) in [6, 6.07) is 20.2. The van der Waals surface area contributed by atoms with Gasteiger partial charge in [-0.05, 0) is 18.2 Å². The number of para-hydroxylation sites is 1. The summed E-state index contributed by atoms with van der Waals surface area (Å²) in [5, 5.41) is 2.10. The van der Waals surface area contributed by atoms with Gasteiger partial charge >= 0.3 is 0 Å². The second kappa shape index (κ2) is 3.95. The predicted octanol–water partition coefficient (Wildman–Crippen LogP) is 4.65. The minimum absolute atomic E-state index is 0.883. The summed E-state index contributed by atoms with van der Waals surface area (Å²) < 4.78 is 6.03. The first-order chi connectivity index (χ1) is 9.42. The number of hydrogen-bond donors (Lipinski definition) is 0. The molecule has 2 heteroatoms. The van der Waals surface area contributed by atoms with Gasteiger partial charge in [0, 0.05) is 22.5 Å². The molecule has 0 saturated heterocycles. The Morgan fingerprint density at radius 1 is 0.842 bits per heavy atom. The normalized spacial score (nSPS) is 11.2. The van der Waals surface area contributed by atoms with Crippen molar-refractivity contribution in [1.82, 2.24) is 4.98 Å². The fourth-order valence-electron chi connectivity index (χ4n) is 2.37. The molecule has 0 aliphatic rings. The van der Waals surface area contributed by atoms with Gasteiger partial charge in [0.2, 0.25) is 0 Å². The molecule has 0 bridgehead atoms. The summed E-state index contributed by atoms with van der Waals surface area (Å²) in [6.07, 6.45) is 1.87. The van der Waals surface area contributed by atoms with Crippen LogP contribution in [0.3, 0.4) is 0 Å². The van der Waals surface area contributed by atoms with Crippen molar-refractivity contribution in [2.75, 3.05) is 0 Å². The number of benzene rings is 2. The van der Waals surface area contributed by atoms with Crippen molar-refractivity contribution in [3.05, 3.63) is 66.9 Å². The Labute approximate surface area is 110 Å². The third kappa shape index (κ3) is 1.61. The molecule has 0 aliphatic heterocycles. The van der Waals surface area contributed by atoms with Crippen LogP contribution in [-0.4, -0.2) is 4.98 Å². The largest absolute Gasteiger partial charge is 0.455 e. The molecule has 19 heavy (non-hydrogen) atoms. The molecule has 0 atom stereocenters. The summed E-state index contributed by atoms with van der Waals surface area (Å²) in [6.45, 7) is 0. The van der Waals surface area contributed by atoms with Crippen LogP contribution < -0.4 is 0 Å². The highest BCUT2D eigenvalue weighted by Crippen LogP contribution is 2.31. The van der Waals surface area contributed by atoms with Crippen LogP contribution in [0.25, 0.3) is 33.2 Å². The summed E-state index contributed by atoms with van der Waals surface area (Å²) in [5.41, 5.74) is 2.95. The van der Waals surface area contributed by atoms with Gasteiger partial charge in [0.1, 0.15) is 11.3 Å². The van der Waals surface area contributed by atoms with Gasteiger partial charge in [-0.3, -0.25) is 4.98 Å². The van der Waals surface area contributed by atoms with E-state index in [-0.39, 0.29) is 0 Å². The van der Waals surface area contributed by atoms with Crippen molar-refractivity contribution in [1.29, 1.82) is 0 Å². The minimum atomic E-state index is 0.883. The Hall–Kier alpha value is -2.61. The van der Waals surface area contributed by atoms with Crippen LogP contribution in [0.2, 0.25) is 0 Å². The van der Waals surface area contributed by atoms with E-state index in [2.05, 4.69) is 4.98 Å². The topological polar surface area (TPSA) is 26.0 Å². The molecule has 0 N–H and O–H groups in total. The first-order valence-electron chi connectivity index (χ1n) is 6.24. The van der Waals surface area contributed by atoms with Crippen LogP contribution >= 0.6 is 0 Å². The van der Waals surface area contributed by atoms with Crippen molar-refractivity contribution in [2.45, 2.75) is 0 Å². The molecule has 2 heterocycles. The lowest BCUT2D eigenvalue weighted by atomic mass is 10.1. The molecular weight excluding hydrogens is 234 g/mol.